The van der Waals surface area contributed by atoms with Gasteiger partial charge in [-0.25, -0.2) is 9.88 Å². The van der Waals surface area contributed by atoms with Crippen LogP contribution in [0.15, 0.2) is 18.2 Å². The fraction of sp³-hybridized carbons (Fsp3) is 0.636. The number of methoxy groups -OCH3 is 1. The standard InChI is InChI=1S/C22H36NO8P/c1-14(2)18-10-9-11-19(15(3)4)20(18)31-32(26,13-27-8)23-17(7)21(24)28-12-29-22(25)30-16(5)6/h9-11,14-17H,12-13H2,1-8H3,(H,23,26). The molecule has 10 heteroatoms. The number of ether oxygens (including phenoxy) is 4. The molecular weight excluding hydrogens is 437 g/mol. The summed E-state index contributed by atoms with van der Waals surface area (Å²) in [5.41, 5.74) is 1.81. The molecule has 2 atom stereocenters. The van der Waals surface area contributed by atoms with Crippen molar-refractivity contribution in [2.45, 2.75) is 72.4 Å². The van der Waals surface area contributed by atoms with Crippen molar-refractivity contribution in [1.29, 1.82) is 0 Å². The number of para-hydroxylation sites is 1. The molecule has 2 unspecified atom stereocenters. The van der Waals surface area contributed by atoms with Crippen LogP contribution >= 0.6 is 7.52 Å². The van der Waals surface area contributed by atoms with Gasteiger partial charge in [0, 0.05) is 7.11 Å². The van der Waals surface area contributed by atoms with Crippen LogP contribution in [0.1, 0.15) is 71.4 Å². The Morgan fingerprint density at radius 2 is 1.53 bits per heavy atom. The lowest BCUT2D eigenvalue weighted by Crippen LogP contribution is -2.36. The molecular formula is C22H36NO8P. The van der Waals surface area contributed by atoms with Crippen LogP contribution in [0.2, 0.25) is 0 Å². The third-order valence-corrected chi connectivity index (χ3v) is 6.17. The largest absolute Gasteiger partial charge is 0.511 e. The summed E-state index contributed by atoms with van der Waals surface area (Å²) in [4.78, 5) is 23.7. The Morgan fingerprint density at radius 1 is 0.969 bits per heavy atom. The number of carbonyl (C=O) groups is 2. The quantitative estimate of drug-likeness (QED) is 0.250. The van der Waals surface area contributed by atoms with Gasteiger partial charge in [0.1, 0.15) is 18.1 Å². The van der Waals surface area contributed by atoms with Gasteiger partial charge in [0.2, 0.25) is 6.79 Å². The predicted octanol–water partition coefficient (Wildman–Crippen LogP) is 5.15. The summed E-state index contributed by atoms with van der Waals surface area (Å²) >= 11 is 0. The fourth-order valence-electron chi connectivity index (χ4n) is 2.83. The van der Waals surface area contributed by atoms with Gasteiger partial charge in [-0.1, -0.05) is 45.9 Å². The van der Waals surface area contributed by atoms with Crippen LogP contribution < -0.4 is 9.61 Å². The average Bonchev–Trinajstić information content (AvgIpc) is 2.66. The number of nitrogens with one attached hydrogen (secondary N) is 1. The zero-order valence-electron chi connectivity index (χ0n) is 20.2. The molecule has 0 aliphatic carbocycles. The van der Waals surface area contributed by atoms with E-state index in [1.165, 1.54) is 14.0 Å². The first-order valence-corrected chi connectivity index (χ1v) is 12.4. The molecule has 0 aromatic heterocycles. The lowest BCUT2D eigenvalue weighted by molar-refractivity contribution is -0.155. The Balaban J connectivity index is 2.95. The van der Waals surface area contributed by atoms with Gasteiger partial charge < -0.3 is 23.5 Å². The van der Waals surface area contributed by atoms with Crippen LogP contribution in [-0.4, -0.2) is 44.5 Å². The summed E-state index contributed by atoms with van der Waals surface area (Å²) in [6.45, 7) is 12.2. The van der Waals surface area contributed by atoms with Crippen LogP contribution in [0.25, 0.3) is 0 Å². The van der Waals surface area contributed by atoms with E-state index >= 15 is 0 Å². The molecule has 9 nitrogen and oxygen atoms in total. The molecule has 0 aliphatic heterocycles. The van der Waals surface area contributed by atoms with E-state index in [0.717, 1.165) is 11.1 Å². The second-order valence-corrected chi connectivity index (χ2v) is 10.3. The number of benzene rings is 1. The highest BCUT2D eigenvalue weighted by Crippen LogP contribution is 2.48. The van der Waals surface area contributed by atoms with E-state index in [1.807, 2.05) is 45.9 Å². The third kappa shape index (κ3) is 8.81. The van der Waals surface area contributed by atoms with E-state index in [1.54, 1.807) is 13.8 Å². The molecule has 1 N–H and O–H groups in total. The van der Waals surface area contributed by atoms with Crippen molar-refractivity contribution < 1.29 is 37.6 Å². The van der Waals surface area contributed by atoms with E-state index in [0.29, 0.717) is 5.75 Å². The maximum atomic E-state index is 13.6. The van der Waals surface area contributed by atoms with Gasteiger partial charge in [0.25, 0.3) is 0 Å². The van der Waals surface area contributed by atoms with Crippen molar-refractivity contribution in [3.05, 3.63) is 29.3 Å². The Morgan fingerprint density at radius 3 is 2.00 bits per heavy atom. The fourth-order valence-corrected chi connectivity index (χ4v) is 4.55. The van der Waals surface area contributed by atoms with E-state index in [-0.39, 0.29) is 24.3 Å². The van der Waals surface area contributed by atoms with Gasteiger partial charge in [-0.15, -0.1) is 0 Å². The summed E-state index contributed by atoms with van der Waals surface area (Å²) in [7, 11) is -2.26. The van der Waals surface area contributed by atoms with Crippen molar-refractivity contribution in [3.8, 4) is 5.75 Å². The first-order chi connectivity index (χ1) is 14.9. The van der Waals surface area contributed by atoms with Gasteiger partial charge in [-0.05, 0) is 43.7 Å². The summed E-state index contributed by atoms with van der Waals surface area (Å²) in [5, 5.41) is 2.71. The monoisotopic (exact) mass is 473 g/mol. The number of carbonyl (C=O) groups excluding carboxylic acids is 2. The Bertz CT molecular complexity index is 783. The minimum atomic E-state index is -3.66. The molecule has 0 bridgehead atoms. The van der Waals surface area contributed by atoms with Gasteiger partial charge in [0.15, 0.2) is 0 Å². The van der Waals surface area contributed by atoms with Crippen molar-refractivity contribution in [2.75, 3.05) is 20.3 Å². The van der Waals surface area contributed by atoms with Crippen LogP contribution in [-0.2, 0) is 28.3 Å². The van der Waals surface area contributed by atoms with Gasteiger partial charge in [0.05, 0.1) is 6.10 Å². The number of hydrogen-bond acceptors (Lipinski definition) is 8. The molecule has 0 aliphatic rings. The highest BCUT2D eigenvalue weighted by Gasteiger charge is 2.32. The molecule has 0 saturated heterocycles. The summed E-state index contributed by atoms with van der Waals surface area (Å²) in [5.74, 6) is 0.00359. The van der Waals surface area contributed by atoms with Crippen LogP contribution in [0.5, 0.6) is 5.75 Å². The molecule has 0 spiro atoms. The van der Waals surface area contributed by atoms with Crippen molar-refractivity contribution in [1.82, 2.24) is 5.09 Å². The lowest BCUT2D eigenvalue weighted by Gasteiger charge is -2.27. The van der Waals surface area contributed by atoms with Crippen molar-refractivity contribution in [2.24, 2.45) is 0 Å². The molecule has 1 rings (SSSR count). The second-order valence-electron chi connectivity index (χ2n) is 8.25. The first-order valence-electron chi connectivity index (χ1n) is 10.6. The molecule has 182 valence electrons. The number of esters is 1. The lowest BCUT2D eigenvalue weighted by atomic mass is 9.94. The average molecular weight is 474 g/mol. The first kappa shape index (κ1) is 27.9. The summed E-state index contributed by atoms with van der Waals surface area (Å²) in [6, 6.07) is 4.77. The van der Waals surface area contributed by atoms with Crippen LogP contribution in [0.4, 0.5) is 4.79 Å². The van der Waals surface area contributed by atoms with Gasteiger partial charge in [-0.2, -0.15) is 0 Å². The molecule has 1 aromatic rings. The third-order valence-electron chi connectivity index (χ3n) is 4.31. The highest BCUT2D eigenvalue weighted by molar-refractivity contribution is 7.57. The molecule has 0 heterocycles. The molecule has 0 saturated carbocycles. The Hall–Kier alpha value is -2.09. The molecule has 0 fully saturated rings. The van der Waals surface area contributed by atoms with Gasteiger partial charge >= 0.3 is 19.6 Å². The summed E-state index contributed by atoms with van der Waals surface area (Å²) in [6.07, 6.45) is -1.57. The van der Waals surface area contributed by atoms with E-state index in [9.17, 15) is 14.2 Å². The molecule has 1 aromatic carbocycles. The topological polar surface area (TPSA) is 109 Å². The zero-order valence-corrected chi connectivity index (χ0v) is 21.1. The second kappa shape index (κ2) is 12.8. The maximum Gasteiger partial charge on any atom is 0.511 e. The SMILES string of the molecule is COCP(=O)(NC(C)C(=O)OCOC(=O)OC(C)C)Oc1c(C(C)C)cccc1C(C)C. The summed E-state index contributed by atoms with van der Waals surface area (Å²) < 4.78 is 39.1. The van der Waals surface area contributed by atoms with E-state index in [2.05, 4.69) is 9.82 Å². The Kier molecular flexibility index (Phi) is 11.2. The zero-order chi connectivity index (χ0) is 24.5. The van der Waals surface area contributed by atoms with E-state index in [4.69, 9.17) is 18.7 Å². The van der Waals surface area contributed by atoms with Gasteiger partial charge in [-0.3, -0.25) is 9.36 Å². The number of rotatable bonds is 12. The molecule has 0 amide bonds. The van der Waals surface area contributed by atoms with E-state index < -0.39 is 32.5 Å². The van der Waals surface area contributed by atoms with Crippen molar-refractivity contribution in [3.63, 3.8) is 0 Å². The number of hydrogen-bond donors (Lipinski definition) is 1. The molecule has 0 radical (unpaired) electrons. The predicted molar refractivity (Wildman–Crippen MR) is 121 cm³/mol. The minimum absolute atomic E-state index is 0.129. The highest BCUT2D eigenvalue weighted by atomic mass is 31.2. The van der Waals surface area contributed by atoms with Crippen LogP contribution in [0, 0.1) is 0 Å². The molecule has 32 heavy (non-hydrogen) atoms. The Labute approximate surface area is 190 Å². The maximum absolute atomic E-state index is 13.6. The normalized spacial score (nSPS) is 14.2. The van der Waals surface area contributed by atoms with Crippen LogP contribution in [0.3, 0.4) is 0 Å². The van der Waals surface area contributed by atoms with Crippen molar-refractivity contribution >= 4 is 19.6 Å². The minimum Gasteiger partial charge on any atom is -0.431 e. The smallest absolute Gasteiger partial charge is 0.431 e.